The van der Waals surface area contributed by atoms with Gasteiger partial charge in [0.1, 0.15) is 0 Å². The van der Waals surface area contributed by atoms with Crippen LogP contribution in [-0.4, -0.2) is 23.3 Å². The molecule has 2 heterocycles. The standard InChI is InChI=1S/C17H14ClNO3S/c1-2-7-19-13-6-5-11(18)9-12(13)17(22,16(19)21)10-14(20)15-4-3-8-23-15/h2-6,8-9,22H,1,7,10H2/t17-/m1/s1. The fourth-order valence-electron chi connectivity index (χ4n) is 2.76. The molecule has 118 valence electrons. The molecule has 4 nitrogen and oxygen atoms in total. The molecule has 0 aliphatic carbocycles. The number of nitrogens with zero attached hydrogens (tertiary/aromatic N) is 1. The van der Waals surface area contributed by atoms with Gasteiger partial charge < -0.3 is 10.0 Å². The molecule has 0 spiro atoms. The van der Waals surface area contributed by atoms with Gasteiger partial charge >= 0.3 is 0 Å². The Bertz CT molecular complexity index is 787. The molecule has 6 heteroatoms. The number of rotatable bonds is 5. The minimum Gasteiger partial charge on any atom is -0.375 e. The first-order valence-electron chi connectivity index (χ1n) is 6.99. The number of ketones is 1. The minimum atomic E-state index is -1.90. The van der Waals surface area contributed by atoms with Gasteiger partial charge in [-0.05, 0) is 29.6 Å². The molecule has 0 unspecified atom stereocenters. The van der Waals surface area contributed by atoms with Crippen LogP contribution in [-0.2, 0) is 10.4 Å². The van der Waals surface area contributed by atoms with Gasteiger partial charge in [-0.2, -0.15) is 0 Å². The van der Waals surface area contributed by atoms with E-state index >= 15 is 0 Å². The van der Waals surface area contributed by atoms with E-state index in [2.05, 4.69) is 6.58 Å². The van der Waals surface area contributed by atoms with Gasteiger partial charge in [-0.3, -0.25) is 9.59 Å². The predicted molar refractivity (Wildman–Crippen MR) is 91.2 cm³/mol. The van der Waals surface area contributed by atoms with E-state index < -0.39 is 11.5 Å². The number of Topliss-reactive ketones (excluding diaryl/α,β-unsaturated/α-hetero) is 1. The van der Waals surface area contributed by atoms with Crippen LogP contribution in [0.15, 0.2) is 48.4 Å². The number of amides is 1. The van der Waals surface area contributed by atoms with Gasteiger partial charge in [0.05, 0.1) is 17.0 Å². The molecule has 1 aliphatic heterocycles. The largest absolute Gasteiger partial charge is 0.375 e. The van der Waals surface area contributed by atoms with E-state index in [1.54, 1.807) is 41.8 Å². The summed E-state index contributed by atoms with van der Waals surface area (Å²) in [7, 11) is 0. The Hall–Kier alpha value is -1.95. The second-order valence-electron chi connectivity index (χ2n) is 5.30. The topological polar surface area (TPSA) is 57.6 Å². The summed E-state index contributed by atoms with van der Waals surface area (Å²) < 4.78 is 0. The summed E-state index contributed by atoms with van der Waals surface area (Å²) in [6.45, 7) is 3.88. The molecule has 1 amide bonds. The zero-order valence-electron chi connectivity index (χ0n) is 12.2. The van der Waals surface area contributed by atoms with Gasteiger partial charge in [-0.1, -0.05) is 23.7 Å². The lowest BCUT2D eigenvalue weighted by Gasteiger charge is -2.21. The maximum Gasteiger partial charge on any atom is 0.264 e. The highest BCUT2D eigenvalue weighted by Gasteiger charge is 2.50. The molecule has 1 aromatic heterocycles. The lowest BCUT2D eigenvalue weighted by molar-refractivity contribution is -0.135. The minimum absolute atomic E-state index is 0.253. The number of anilines is 1. The number of aliphatic hydroxyl groups is 1. The van der Waals surface area contributed by atoms with Crippen molar-refractivity contribution in [2.75, 3.05) is 11.4 Å². The highest BCUT2D eigenvalue weighted by molar-refractivity contribution is 7.12. The second kappa shape index (κ2) is 5.92. The second-order valence-corrected chi connectivity index (χ2v) is 6.69. The molecule has 0 bridgehead atoms. The Kier molecular flexibility index (Phi) is 4.10. The number of carbonyl (C=O) groups excluding carboxylic acids is 2. The first-order valence-corrected chi connectivity index (χ1v) is 8.25. The van der Waals surface area contributed by atoms with Crippen LogP contribution in [0.3, 0.4) is 0 Å². The quantitative estimate of drug-likeness (QED) is 0.666. The monoisotopic (exact) mass is 347 g/mol. The fourth-order valence-corrected chi connectivity index (χ4v) is 3.60. The van der Waals surface area contributed by atoms with E-state index in [-0.39, 0.29) is 18.7 Å². The van der Waals surface area contributed by atoms with Gasteiger partial charge in [0.2, 0.25) is 0 Å². The molecular formula is C17H14ClNO3S. The number of carbonyl (C=O) groups is 2. The van der Waals surface area contributed by atoms with Crippen LogP contribution >= 0.6 is 22.9 Å². The molecule has 1 N–H and O–H groups in total. The van der Waals surface area contributed by atoms with Crippen molar-refractivity contribution in [3.63, 3.8) is 0 Å². The van der Waals surface area contributed by atoms with E-state index in [1.807, 2.05) is 0 Å². The third kappa shape index (κ3) is 2.61. The summed E-state index contributed by atoms with van der Waals surface area (Å²) in [6.07, 6.45) is 1.26. The molecule has 1 aliphatic rings. The molecule has 0 radical (unpaired) electrons. The van der Waals surface area contributed by atoms with Crippen molar-refractivity contribution in [3.8, 4) is 0 Å². The summed E-state index contributed by atoms with van der Waals surface area (Å²) in [5.41, 5.74) is -0.979. The molecule has 1 aromatic carbocycles. The van der Waals surface area contributed by atoms with E-state index in [0.29, 0.717) is 21.2 Å². The molecule has 2 aromatic rings. The van der Waals surface area contributed by atoms with Crippen LogP contribution in [0.4, 0.5) is 5.69 Å². The van der Waals surface area contributed by atoms with Crippen LogP contribution in [0.2, 0.25) is 5.02 Å². The molecule has 0 saturated carbocycles. The van der Waals surface area contributed by atoms with E-state index in [4.69, 9.17) is 11.6 Å². The number of benzene rings is 1. The SMILES string of the molecule is C=CCN1C(=O)[C@@](O)(CC(=O)c2cccs2)c2cc(Cl)ccc21. The first kappa shape index (κ1) is 15.9. The van der Waals surface area contributed by atoms with Gasteiger partial charge in [0, 0.05) is 17.1 Å². The Balaban J connectivity index is 2.04. The molecule has 0 saturated heterocycles. The van der Waals surface area contributed by atoms with Crippen molar-refractivity contribution in [2.24, 2.45) is 0 Å². The highest BCUT2D eigenvalue weighted by atomic mass is 35.5. The van der Waals surface area contributed by atoms with Crippen LogP contribution in [0.25, 0.3) is 0 Å². The van der Waals surface area contributed by atoms with Crippen molar-refractivity contribution in [1.82, 2.24) is 0 Å². The zero-order valence-corrected chi connectivity index (χ0v) is 13.7. The Morgan fingerprint density at radius 2 is 2.22 bits per heavy atom. The number of fused-ring (bicyclic) bond motifs is 1. The smallest absolute Gasteiger partial charge is 0.264 e. The highest BCUT2D eigenvalue weighted by Crippen LogP contribution is 2.44. The van der Waals surface area contributed by atoms with E-state index in [0.717, 1.165) is 0 Å². The predicted octanol–water partition coefficient (Wildman–Crippen LogP) is 3.39. The molecule has 3 rings (SSSR count). The lowest BCUT2D eigenvalue weighted by atomic mass is 9.89. The first-order chi connectivity index (χ1) is 11.0. The van der Waals surface area contributed by atoms with Gasteiger partial charge in [-0.25, -0.2) is 0 Å². The van der Waals surface area contributed by atoms with Crippen molar-refractivity contribution in [2.45, 2.75) is 12.0 Å². The van der Waals surface area contributed by atoms with Crippen molar-refractivity contribution < 1.29 is 14.7 Å². The number of thiophene rings is 1. The molecule has 23 heavy (non-hydrogen) atoms. The molecule has 0 fully saturated rings. The number of hydrogen-bond donors (Lipinski definition) is 1. The summed E-state index contributed by atoms with van der Waals surface area (Å²) >= 11 is 7.30. The summed E-state index contributed by atoms with van der Waals surface area (Å²) in [6, 6.07) is 8.30. The molecular weight excluding hydrogens is 334 g/mol. The summed E-state index contributed by atoms with van der Waals surface area (Å²) in [5.74, 6) is -0.804. The fraction of sp³-hybridized carbons (Fsp3) is 0.176. The van der Waals surface area contributed by atoms with Crippen LogP contribution in [0, 0.1) is 0 Å². The van der Waals surface area contributed by atoms with Crippen molar-refractivity contribution in [1.29, 1.82) is 0 Å². The maximum atomic E-state index is 12.7. The normalized spacial score (nSPS) is 19.7. The average Bonchev–Trinajstić information content (AvgIpc) is 3.11. The third-order valence-corrected chi connectivity index (χ3v) is 4.96. The van der Waals surface area contributed by atoms with Gasteiger partial charge in [-0.15, -0.1) is 17.9 Å². The number of halogens is 1. The van der Waals surface area contributed by atoms with Crippen molar-refractivity contribution >= 4 is 40.3 Å². The molecule has 1 atom stereocenters. The maximum absolute atomic E-state index is 12.7. The van der Waals surface area contributed by atoms with Gasteiger partial charge in [0.25, 0.3) is 5.91 Å². The van der Waals surface area contributed by atoms with Gasteiger partial charge in [0.15, 0.2) is 11.4 Å². The van der Waals surface area contributed by atoms with E-state index in [1.165, 1.54) is 16.2 Å². The number of hydrogen-bond acceptors (Lipinski definition) is 4. The summed E-state index contributed by atoms with van der Waals surface area (Å²) in [4.78, 5) is 27.1. The summed E-state index contributed by atoms with van der Waals surface area (Å²) in [5, 5.41) is 13.2. The Labute approximate surface area is 142 Å². The third-order valence-electron chi connectivity index (χ3n) is 3.82. The lowest BCUT2D eigenvalue weighted by Crippen LogP contribution is -2.41. The van der Waals surface area contributed by atoms with Crippen molar-refractivity contribution in [3.05, 3.63) is 63.8 Å². The van der Waals surface area contributed by atoms with E-state index in [9.17, 15) is 14.7 Å². The van der Waals surface area contributed by atoms with Crippen LogP contribution in [0.1, 0.15) is 21.7 Å². The van der Waals surface area contributed by atoms with Crippen LogP contribution < -0.4 is 4.90 Å². The Morgan fingerprint density at radius 1 is 1.43 bits per heavy atom. The van der Waals surface area contributed by atoms with Crippen LogP contribution in [0.5, 0.6) is 0 Å². The average molecular weight is 348 g/mol. The Morgan fingerprint density at radius 3 is 2.87 bits per heavy atom. The zero-order chi connectivity index (χ0) is 16.6.